The van der Waals surface area contributed by atoms with Crippen molar-refractivity contribution in [3.63, 3.8) is 0 Å². The molecule has 0 aliphatic heterocycles. The Labute approximate surface area is 118 Å². The molecule has 20 heavy (non-hydrogen) atoms. The largest absolute Gasteiger partial charge is 0.377 e. The van der Waals surface area contributed by atoms with Gasteiger partial charge in [-0.15, -0.1) is 0 Å². The first-order valence-corrected chi connectivity index (χ1v) is 6.67. The lowest BCUT2D eigenvalue weighted by Gasteiger charge is -2.21. The van der Waals surface area contributed by atoms with Crippen LogP contribution in [0.5, 0.6) is 0 Å². The average Bonchev–Trinajstić information content (AvgIpc) is 2.44. The van der Waals surface area contributed by atoms with Gasteiger partial charge in [-0.05, 0) is 25.0 Å². The zero-order chi connectivity index (χ0) is 15.3. The Balaban J connectivity index is 3.12. The number of anilines is 1. The highest BCUT2D eigenvalue weighted by molar-refractivity contribution is 5.95. The Hall–Kier alpha value is -2.11. The van der Waals surface area contributed by atoms with E-state index in [-0.39, 0.29) is 17.6 Å². The summed E-state index contributed by atoms with van der Waals surface area (Å²) in [5.41, 5.74) is 0.758. The van der Waals surface area contributed by atoms with Crippen molar-refractivity contribution in [1.82, 2.24) is 5.32 Å². The van der Waals surface area contributed by atoms with E-state index >= 15 is 0 Å². The Morgan fingerprint density at radius 2 is 2.05 bits per heavy atom. The molecule has 6 heteroatoms. The molecule has 2 unspecified atom stereocenters. The van der Waals surface area contributed by atoms with Crippen LogP contribution in [0.2, 0.25) is 0 Å². The summed E-state index contributed by atoms with van der Waals surface area (Å²) in [4.78, 5) is 22.2. The van der Waals surface area contributed by atoms with Crippen LogP contribution in [-0.2, 0) is 0 Å². The molecule has 0 saturated carbocycles. The quantitative estimate of drug-likeness (QED) is 0.619. The van der Waals surface area contributed by atoms with Crippen molar-refractivity contribution in [1.29, 1.82) is 0 Å². The third kappa shape index (κ3) is 3.69. The highest BCUT2D eigenvalue weighted by Gasteiger charge is 2.19. The monoisotopic (exact) mass is 279 g/mol. The molecule has 2 atom stereocenters. The van der Waals surface area contributed by atoms with Gasteiger partial charge >= 0.3 is 0 Å². The molecule has 0 aromatic heterocycles. The Morgan fingerprint density at radius 3 is 2.55 bits per heavy atom. The van der Waals surface area contributed by atoms with E-state index in [9.17, 15) is 14.9 Å². The fraction of sp³-hybridized carbons (Fsp3) is 0.500. The minimum Gasteiger partial charge on any atom is -0.377 e. The summed E-state index contributed by atoms with van der Waals surface area (Å²) < 4.78 is 0. The SMILES string of the molecule is CCC(C)C(C)Nc1cc(C(=O)NC)ccc1[N+](=O)[O-]. The number of nitrogens with zero attached hydrogens (tertiary/aromatic N) is 1. The normalized spacial score (nSPS) is 13.4. The molecular weight excluding hydrogens is 258 g/mol. The van der Waals surface area contributed by atoms with E-state index in [1.54, 1.807) is 0 Å². The first kappa shape index (κ1) is 15.9. The molecule has 1 aromatic carbocycles. The molecule has 0 radical (unpaired) electrons. The first-order valence-electron chi connectivity index (χ1n) is 6.67. The zero-order valence-electron chi connectivity index (χ0n) is 12.3. The summed E-state index contributed by atoms with van der Waals surface area (Å²) in [5.74, 6) is 0.109. The third-order valence-corrected chi connectivity index (χ3v) is 3.56. The second-order valence-electron chi connectivity index (χ2n) is 4.89. The van der Waals surface area contributed by atoms with Gasteiger partial charge in [-0.1, -0.05) is 20.3 Å². The lowest BCUT2D eigenvalue weighted by atomic mass is 10.0. The molecule has 0 aliphatic carbocycles. The lowest BCUT2D eigenvalue weighted by Crippen LogP contribution is -2.24. The number of nitrogens with one attached hydrogen (secondary N) is 2. The molecule has 1 aromatic rings. The maximum atomic E-state index is 11.6. The van der Waals surface area contributed by atoms with Crippen LogP contribution >= 0.6 is 0 Å². The molecule has 0 aliphatic rings. The first-order chi connectivity index (χ1) is 9.40. The minimum absolute atomic E-state index is 0.0205. The van der Waals surface area contributed by atoms with Crippen LogP contribution in [-0.4, -0.2) is 23.9 Å². The van der Waals surface area contributed by atoms with E-state index in [2.05, 4.69) is 24.5 Å². The second-order valence-corrected chi connectivity index (χ2v) is 4.89. The van der Waals surface area contributed by atoms with Crippen molar-refractivity contribution in [2.75, 3.05) is 12.4 Å². The van der Waals surface area contributed by atoms with Gasteiger partial charge in [0.1, 0.15) is 5.69 Å². The molecule has 1 amide bonds. The van der Waals surface area contributed by atoms with E-state index in [1.807, 2.05) is 6.92 Å². The number of hydrogen-bond acceptors (Lipinski definition) is 4. The standard InChI is InChI=1S/C14H21N3O3/c1-5-9(2)10(3)16-12-8-11(14(18)15-4)6-7-13(12)17(19)20/h6-10,16H,5H2,1-4H3,(H,15,18). The molecule has 1 rings (SSSR count). The predicted molar refractivity (Wildman–Crippen MR) is 79.0 cm³/mol. The van der Waals surface area contributed by atoms with E-state index in [4.69, 9.17) is 0 Å². The third-order valence-electron chi connectivity index (χ3n) is 3.56. The summed E-state index contributed by atoms with van der Waals surface area (Å²) in [5, 5.41) is 16.7. The number of carbonyl (C=O) groups excluding carboxylic acids is 1. The van der Waals surface area contributed by atoms with Crippen molar-refractivity contribution in [2.24, 2.45) is 5.92 Å². The van der Waals surface area contributed by atoms with Crippen molar-refractivity contribution in [3.8, 4) is 0 Å². The number of nitro groups is 1. The van der Waals surface area contributed by atoms with Gasteiger partial charge in [-0.2, -0.15) is 0 Å². The summed E-state index contributed by atoms with van der Waals surface area (Å²) in [7, 11) is 1.53. The van der Waals surface area contributed by atoms with Crippen LogP contribution in [0.15, 0.2) is 18.2 Å². The van der Waals surface area contributed by atoms with Crippen LogP contribution in [0.1, 0.15) is 37.6 Å². The average molecular weight is 279 g/mol. The highest BCUT2D eigenvalue weighted by Crippen LogP contribution is 2.27. The Kier molecular flexibility index (Phi) is 5.49. The zero-order valence-corrected chi connectivity index (χ0v) is 12.3. The van der Waals surface area contributed by atoms with Crippen LogP contribution in [0.4, 0.5) is 11.4 Å². The molecule has 0 spiro atoms. The van der Waals surface area contributed by atoms with Crippen molar-refractivity contribution in [3.05, 3.63) is 33.9 Å². The highest BCUT2D eigenvalue weighted by atomic mass is 16.6. The number of hydrogen-bond donors (Lipinski definition) is 2. The Morgan fingerprint density at radius 1 is 1.40 bits per heavy atom. The van der Waals surface area contributed by atoms with Crippen molar-refractivity contribution >= 4 is 17.3 Å². The molecule has 0 fully saturated rings. The fourth-order valence-corrected chi connectivity index (χ4v) is 1.84. The van der Waals surface area contributed by atoms with Crippen LogP contribution in [0.3, 0.4) is 0 Å². The van der Waals surface area contributed by atoms with Crippen LogP contribution in [0, 0.1) is 16.0 Å². The molecule has 0 saturated heterocycles. The van der Waals surface area contributed by atoms with E-state index in [0.717, 1.165) is 6.42 Å². The maximum Gasteiger partial charge on any atom is 0.292 e. The molecular formula is C14H21N3O3. The maximum absolute atomic E-state index is 11.6. The number of carbonyl (C=O) groups is 1. The van der Waals surface area contributed by atoms with Gasteiger partial charge in [-0.25, -0.2) is 0 Å². The van der Waals surface area contributed by atoms with E-state index in [1.165, 1.54) is 25.2 Å². The van der Waals surface area contributed by atoms with Crippen LogP contribution < -0.4 is 10.6 Å². The lowest BCUT2D eigenvalue weighted by molar-refractivity contribution is -0.384. The topological polar surface area (TPSA) is 84.3 Å². The summed E-state index contributed by atoms with van der Waals surface area (Å²) in [6.07, 6.45) is 0.969. The fourth-order valence-electron chi connectivity index (χ4n) is 1.84. The predicted octanol–water partition coefficient (Wildman–Crippen LogP) is 2.80. The van der Waals surface area contributed by atoms with E-state index < -0.39 is 4.92 Å². The summed E-state index contributed by atoms with van der Waals surface area (Å²) >= 11 is 0. The van der Waals surface area contributed by atoms with E-state index in [0.29, 0.717) is 17.2 Å². The van der Waals surface area contributed by atoms with Gasteiger partial charge < -0.3 is 10.6 Å². The van der Waals surface area contributed by atoms with Gasteiger partial charge in [0.05, 0.1) is 4.92 Å². The Bertz CT molecular complexity index is 502. The second kappa shape index (κ2) is 6.88. The molecule has 0 heterocycles. The van der Waals surface area contributed by atoms with Gasteiger partial charge in [0.2, 0.25) is 0 Å². The molecule has 2 N–H and O–H groups in total. The smallest absolute Gasteiger partial charge is 0.292 e. The minimum atomic E-state index is -0.445. The van der Waals surface area contributed by atoms with Gasteiger partial charge in [0.25, 0.3) is 11.6 Å². The van der Waals surface area contributed by atoms with Crippen molar-refractivity contribution in [2.45, 2.75) is 33.2 Å². The summed E-state index contributed by atoms with van der Waals surface area (Å²) in [6.45, 7) is 6.12. The summed E-state index contributed by atoms with van der Waals surface area (Å²) in [6, 6.07) is 4.42. The molecule has 110 valence electrons. The van der Waals surface area contributed by atoms with Gasteiger partial charge in [0, 0.05) is 24.7 Å². The van der Waals surface area contributed by atoms with Gasteiger partial charge in [0.15, 0.2) is 0 Å². The number of rotatable bonds is 6. The van der Waals surface area contributed by atoms with Gasteiger partial charge in [-0.3, -0.25) is 14.9 Å². The molecule has 0 bridgehead atoms. The number of benzene rings is 1. The van der Waals surface area contributed by atoms with Crippen molar-refractivity contribution < 1.29 is 9.72 Å². The molecule has 6 nitrogen and oxygen atoms in total. The van der Waals surface area contributed by atoms with Crippen LogP contribution in [0.25, 0.3) is 0 Å². The number of amides is 1. The number of nitro benzene ring substituents is 1.